The van der Waals surface area contributed by atoms with Crippen molar-refractivity contribution in [2.24, 2.45) is 5.41 Å². The standard InChI is InChI=1S/C25H19NO2/c26-15-25(13-21-19-7-3-1-5-17(19)9-11-23(21)27)14-22-20-8-4-2-6-18(20)10-12-24(22)28-16-25/h1-12,27H,13-14,16H2. The Morgan fingerprint density at radius 2 is 1.57 bits per heavy atom. The fourth-order valence-corrected chi connectivity index (χ4v) is 4.31. The molecule has 1 aliphatic heterocycles. The maximum atomic E-state index is 10.6. The van der Waals surface area contributed by atoms with E-state index in [0.717, 1.165) is 38.4 Å². The Morgan fingerprint density at radius 1 is 0.893 bits per heavy atom. The molecule has 0 fully saturated rings. The van der Waals surface area contributed by atoms with E-state index in [1.54, 1.807) is 6.07 Å². The van der Waals surface area contributed by atoms with E-state index in [1.165, 1.54) is 0 Å². The van der Waals surface area contributed by atoms with E-state index in [9.17, 15) is 10.4 Å². The van der Waals surface area contributed by atoms with Crippen molar-refractivity contribution in [1.82, 2.24) is 0 Å². The second-order valence-electron chi connectivity index (χ2n) is 7.58. The van der Waals surface area contributed by atoms with Crippen molar-refractivity contribution >= 4 is 21.5 Å². The molecule has 0 spiro atoms. The summed E-state index contributed by atoms with van der Waals surface area (Å²) in [6.45, 7) is 0.317. The van der Waals surface area contributed by atoms with Crippen LogP contribution in [-0.2, 0) is 12.8 Å². The third-order valence-corrected chi connectivity index (χ3v) is 5.78. The van der Waals surface area contributed by atoms with Crippen LogP contribution in [0.15, 0.2) is 72.8 Å². The van der Waals surface area contributed by atoms with Crippen LogP contribution < -0.4 is 4.74 Å². The summed E-state index contributed by atoms with van der Waals surface area (Å²) >= 11 is 0. The molecule has 0 aliphatic carbocycles. The first kappa shape index (κ1) is 16.6. The average Bonchev–Trinajstić information content (AvgIpc) is 2.75. The van der Waals surface area contributed by atoms with Crippen molar-refractivity contribution < 1.29 is 9.84 Å². The second kappa shape index (κ2) is 6.28. The lowest BCUT2D eigenvalue weighted by atomic mass is 9.75. The molecule has 0 bridgehead atoms. The molecular weight excluding hydrogens is 346 g/mol. The van der Waals surface area contributed by atoms with Gasteiger partial charge in [0.2, 0.25) is 0 Å². The van der Waals surface area contributed by atoms with Crippen LogP contribution in [0.4, 0.5) is 0 Å². The highest BCUT2D eigenvalue weighted by Crippen LogP contribution is 2.42. The molecule has 0 saturated heterocycles. The molecule has 1 heterocycles. The fourth-order valence-electron chi connectivity index (χ4n) is 4.31. The monoisotopic (exact) mass is 365 g/mol. The molecule has 1 N–H and O–H groups in total. The minimum atomic E-state index is -0.723. The van der Waals surface area contributed by atoms with Gasteiger partial charge in [-0.05, 0) is 46.5 Å². The van der Waals surface area contributed by atoms with E-state index >= 15 is 0 Å². The predicted octanol–water partition coefficient (Wildman–Crippen LogP) is 5.39. The summed E-state index contributed by atoms with van der Waals surface area (Å²) in [6, 6.07) is 26.4. The summed E-state index contributed by atoms with van der Waals surface area (Å²) in [5.74, 6) is 1.09. The highest BCUT2D eigenvalue weighted by atomic mass is 16.5. The molecule has 1 unspecified atom stereocenters. The van der Waals surface area contributed by atoms with Gasteiger partial charge >= 0.3 is 0 Å². The Bertz CT molecular complexity index is 1250. The van der Waals surface area contributed by atoms with Gasteiger partial charge in [-0.15, -0.1) is 0 Å². The zero-order chi connectivity index (χ0) is 19.1. The number of fused-ring (bicyclic) bond motifs is 4. The normalized spacial score (nSPS) is 18.4. The molecule has 5 rings (SSSR count). The third-order valence-electron chi connectivity index (χ3n) is 5.78. The van der Waals surface area contributed by atoms with Gasteiger partial charge in [0.15, 0.2) is 0 Å². The van der Waals surface area contributed by atoms with Crippen LogP contribution in [0.3, 0.4) is 0 Å². The zero-order valence-corrected chi connectivity index (χ0v) is 15.4. The molecule has 3 nitrogen and oxygen atoms in total. The highest BCUT2D eigenvalue weighted by molar-refractivity contribution is 5.89. The molecule has 3 heteroatoms. The van der Waals surface area contributed by atoms with Crippen LogP contribution in [0.2, 0.25) is 0 Å². The van der Waals surface area contributed by atoms with Gasteiger partial charge in [-0.1, -0.05) is 60.7 Å². The first-order valence-corrected chi connectivity index (χ1v) is 9.43. The molecular formula is C25H19NO2. The Hall–Kier alpha value is -3.51. The summed E-state index contributed by atoms with van der Waals surface area (Å²) in [6.07, 6.45) is 1.04. The zero-order valence-electron chi connectivity index (χ0n) is 15.4. The van der Waals surface area contributed by atoms with E-state index in [2.05, 4.69) is 24.3 Å². The summed E-state index contributed by atoms with van der Waals surface area (Å²) in [5, 5.41) is 25.0. The van der Waals surface area contributed by atoms with Crippen LogP contribution in [0.1, 0.15) is 11.1 Å². The topological polar surface area (TPSA) is 53.2 Å². The van der Waals surface area contributed by atoms with Crippen molar-refractivity contribution in [3.63, 3.8) is 0 Å². The molecule has 4 aromatic rings. The van der Waals surface area contributed by atoms with E-state index in [0.29, 0.717) is 19.4 Å². The van der Waals surface area contributed by atoms with Crippen molar-refractivity contribution in [3.05, 3.63) is 83.9 Å². The van der Waals surface area contributed by atoms with E-state index in [4.69, 9.17) is 4.74 Å². The Balaban J connectivity index is 1.62. The Morgan fingerprint density at radius 3 is 2.36 bits per heavy atom. The summed E-state index contributed by atoms with van der Waals surface area (Å²) in [7, 11) is 0. The lowest BCUT2D eigenvalue weighted by Gasteiger charge is -2.33. The van der Waals surface area contributed by atoms with Crippen molar-refractivity contribution in [3.8, 4) is 17.6 Å². The van der Waals surface area contributed by atoms with Gasteiger partial charge in [-0.3, -0.25) is 0 Å². The number of nitriles is 1. The van der Waals surface area contributed by atoms with Gasteiger partial charge in [-0.2, -0.15) is 5.26 Å². The minimum Gasteiger partial charge on any atom is -0.508 e. The third kappa shape index (κ3) is 2.58. The fraction of sp³-hybridized carbons (Fsp3) is 0.160. The van der Waals surface area contributed by atoms with Crippen molar-refractivity contribution in [2.75, 3.05) is 6.61 Å². The quantitative estimate of drug-likeness (QED) is 0.518. The number of phenolic OH excluding ortho intramolecular Hbond substituents is 1. The van der Waals surface area contributed by atoms with Crippen molar-refractivity contribution in [1.29, 1.82) is 5.26 Å². The van der Waals surface area contributed by atoms with Gasteiger partial charge in [0.25, 0.3) is 0 Å². The Kier molecular flexibility index (Phi) is 3.74. The molecule has 28 heavy (non-hydrogen) atoms. The molecule has 4 aromatic carbocycles. The molecule has 136 valence electrons. The summed E-state index contributed by atoms with van der Waals surface area (Å²) < 4.78 is 6.06. The molecule has 0 saturated carbocycles. The van der Waals surface area contributed by atoms with Crippen LogP contribution in [0.25, 0.3) is 21.5 Å². The number of rotatable bonds is 2. The second-order valence-corrected chi connectivity index (χ2v) is 7.58. The molecule has 1 atom stereocenters. The van der Waals surface area contributed by atoms with Crippen LogP contribution in [0, 0.1) is 16.7 Å². The summed E-state index contributed by atoms with van der Waals surface area (Å²) in [4.78, 5) is 0. The van der Waals surface area contributed by atoms with E-state index in [-0.39, 0.29) is 5.75 Å². The van der Waals surface area contributed by atoms with Crippen molar-refractivity contribution in [2.45, 2.75) is 12.8 Å². The minimum absolute atomic E-state index is 0.233. The van der Waals surface area contributed by atoms with Crippen LogP contribution in [0.5, 0.6) is 11.5 Å². The van der Waals surface area contributed by atoms with Crippen LogP contribution >= 0.6 is 0 Å². The number of hydrogen-bond acceptors (Lipinski definition) is 3. The molecule has 0 amide bonds. The molecule has 0 radical (unpaired) electrons. The van der Waals surface area contributed by atoms with Gasteiger partial charge in [0, 0.05) is 11.1 Å². The lowest BCUT2D eigenvalue weighted by molar-refractivity contribution is 0.170. The first-order valence-electron chi connectivity index (χ1n) is 9.43. The first-order chi connectivity index (χ1) is 13.7. The number of hydrogen-bond donors (Lipinski definition) is 1. The Labute approximate surface area is 163 Å². The van der Waals surface area contributed by atoms with Gasteiger partial charge in [-0.25, -0.2) is 0 Å². The predicted molar refractivity (Wildman–Crippen MR) is 111 cm³/mol. The smallest absolute Gasteiger partial charge is 0.123 e. The average molecular weight is 365 g/mol. The maximum Gasteiger partial charge on any atom is 0.123 e. The van der Waals surface area contributed by atoms with E-state index in [1.807, 2.05) is 48.5 Å². The maximum absolute atomic E-state index is 10.6. The molecule has 1 aliphatic rings. The lowest BCUT2D eigenvalue weighted by Crippen LogP contribution is -2.35. The number of nitrogens with zero attached hydrogens (tertiary/aromatic N) is 1. The summed E-state index contributed by atoms with van der Waals surface area (Å²) in [5.41, 5.74) is 1.16. The van der Waals surface area contributed by atoms with Gasteiger partial charge in [0.05, 0.1) is 11.5 Å². The number of benzene rings is 4. The number of phenols is 1. The number of ether oxygens (including phenoxy) is 1. The van der Waals surface area contributed by atoms with Gasteiger partial charge < -0.3 is 9.84 Å². The number of aromatic hydroxyl groups is 1. The highest BCUT2D eigenvalue weighted by Gasteiger charge is 2.38. The SMILES string of the molecule is N#CC1(Cc2c(O)ccc3ccccc23)COc2ccc3ccccc3c2C1. The van der Waals surface area contributed by atoms with E-state index < -0.39 is 5.41 Å². The van der Waals surface area contributed by atoms with Gasteiger partial charge in [0.1, 0.15) is 18.1 Å². The largest absolute Gasteiger partial charge is 0.508 e. The van der Waals surface area contributed by atoms with Crippen LogP contribution in [-0.4, -0.2) is 11.7 Å². The molecule has 0 aromatic heterocycles.